The fraction of sp³-hybridized carbons (Fsp3) is 0.474. The molecule has 1 aliphatic rings. The standard InChI is InChI=1S/C19H25FN4O2/c1-15(24-7-6-21-14-24)12-19(25)22-13-18(23-8-10-26-11-9-23)16-2-4-17(20)5-3-16/h2-7,14-15,18H,8-13H2,1H3,(H,22,25)/p+1/t15-,18-/m0/s1. The quantitative estimate of drug-likeness (QED) is 0.765. The van der Waals surface area contributed by atoms with Crippen LogP contribution in [0.15, 0.2) is 43.0 Å². The lowest BCUT2D eigenvalue weighted by Crippen LogP contribution is -3.15. The van der Waals surface area contributed by atoms with Crippen molar-refractivity contribution in [3.8, 4) is 0 Å². The highest BCUT2D eigenvalue weighted by Gasteiger charge is 2.27. The van der Waals surface area contributed by atoms with E-state index >= 15 is 0 Å². The summed E-state index contributed by atoms with van der Waals surface area (Å²) < 4.78 is 20.6. The molecule has 1 fully saturated rings. The lowest BCUT2D eigenvalue weighted by molar-refractivity contribution is -0.937. The minimum atomic E-state index is -0.248. The molecule has 2 aromatic rings. The third-order valence-corrected chi connectivity index (χ3v) is 4.92. The van der Waals surface area contributed by atoms with E-state index in [-0.39, 0.29) is 23.8 Å². The molecule has 0 bridgehead atoms. The van der Waals surface area contributed by atoms with E-state index in [1.807, 2.05) is 29.8 Å². The van der Waals surface area contributed by atoms with Crippen molar-refractivity contribution in [2.75, 3.05) is 32.8 Å². The van der Waals surface area contributed by atoms with E-state index < -0.39 is 0 Å². The van der Waals surface area contributed by atoms with Gasteiger partial charge in [-0.3, -0.25) is 4.79 Å². The number of carbonyl (C=O) groups excluding carboxylic acids is 1. The summed E-state index contributed by atoms with van der Waals surface area (Å²) in [5.41, 5.74) is 1.03. The van der Waals surface area contributed by atoms with Gasteiger partial charge in [0.2, 0.25) is 5.91 Å². The number of hydrogen-bond acceptors (Lipinski definition) is 3. The number of morpholine rings is 1. The van der Waals surface area contributed by atoms with E-state index in [9.17, 15) is 9.18 Å². The summed E-state index contributed by atoms with van der Waals surface area (Å²) in [6.45, 7) is 5.69. The first-order valence-corrected chi connectivity index (χ1v) is 9.05. The lowest BCUT2D eigenvalue weighted by atomic mass is 10.0. The SMILES string of the molecule is C[C@@H](CC(=O)NC[C@@H](c1ccc(F)cc1)[NH+]1CCOCC1)n1ccnc1. The number of aromatic nitrogens is 2. The van der Waals surface area contributed by atoms with Crippen molar-refractivity contribution in [1.29, 1.82) is 0 Å². The summed E-state index contributed by atoms with van der Waals surface area (Å²) in [7, 11) is 0. The van der Waals surface area contributed by atoms with E-state index in [1.54, 1.807) is 12.5 Å². The number of ether oxygens (including phenoxy) is 1. The molecule has 3 rings (SSSR count). The number of hydrogen-bond donors (Lipinski definition) is 2. The number of rotatable bonds is 7. The van der Waals surface area contributed by atoms with Crippen LogP contribution >= 0.6 is 0 Å². The topological polar surface area (TPSA) is 60.6 Å². The highest BCUT2D eigenvalue weighted by molar-refractivity contribution is 5.76. The molecule has 7 heteroatoms. The Balaban J connectivity index is 1.61. The Bertz CT molecular complexity index is 684. The number of halogens is 1. The van der Waals surface area contributed by atoms with Crippen molar-refractivity contribution in [2.24, 2.45) is 0 Å². The van der Waals surface area contributed by atoms with Gasteiger partial charge in [0.25, 0.3) is 0 Å². The van der Waals surface area contributed by atoms with Gasteiger partial charge in [-0.1, -0.05) is 12.1 Å². The fourth-order valence-corrected chi connectivity index (χ4v) is 3.37. The van der Waals surface area contributed by atoms with Crippen LogP contribution in [0.4, 0.5) is 4.39 Å². The van der Waals surface area contributed by atoms with Crippen molar-refractivity contribution < 1.29 is 18.8 Å². The van der Waals surface area contributed by atoms with Crippen molar-refractivity contribution in [2.45, 2.75) is 25.4 Å². The number of carbonyl (C=O) groups is 1. The highest BCUT2D eigenvalue weighted by atomic mass is 19.1. The average molecular weight is 361 g/mol. The number of nitrogens with one attached hydrogen (secondary N) is 2. The zero-order valence-electron chi connectivity index (χ0n) is 15.0. The van der Waals surface area contributed by atoms with Gasteiger partial charge in [0.1, 0.15) is 24.9 Å². The zero-order valence-corrected chi connectivity index (χ0v) is 15.0. The largest absolute Gasteiger partial charge is 0.370 e. The van der Waals surface area contributed by atoms with Crippen molar-refractivity contribution in [1.82, 2.24) is 14.9 Å². The van der Waals surface area contributed by atoms with Crippen LogP contribution in [-0.4, -0.2) is 48.3 Å². The summed E-state index contributed by atoms with van der Waals surface area (Å²) in [5, 5.41) is 3.06. The van der Waals surface area contributed by atoms with Gasteiger partial charge in [-0.05, 0) is 19.1 Å². The summed E-state index contributed by atoms with van der Waals surface area (Å²) in [6, 6.07) is 6.71. The van der Waals surface area contributed by atoms with E-state index in [2.05, 4.69) is 10.3 Å². The minimum Gasteiger partial charge on any atom is -0.370 e. The Morgan fingerprint density at radius 1 is 1.35 bits per heavy atom. The molecule has 1 saturated heterocycles. The first kappa shape index (κ1) is 18.5. The molecule has 2 heterocycles. The molecular weight excluding hydrogens is 335 g/mol. The molecule has 1 amide bonds. The molecule has 0 radical (unpaired) electrons. The van der Waals surface area contributed by atoms with Gasteiger partial charge in [0.15, 0.2) is 0 Å². The summed E-state index contributed by atoms with van der Waals surface area (Å²) in [4.78, 5) is 17.8. The van der Waals surface area contributed by atoms with Crippen molar-refractivity contribution >= 4 is 5.91 Å². The van der Waals surface area contributed by atoms with Gasteiger partial charge in [-0.15, -0.1) is 0 Å². The van der Waals surface area contributed by atoms with Crippen LogP contribution in [0.5, 0.6) is 0 Å². The number of nitrogens with zero attached hydrogens (tertiary/aromatic N) is 2. The van der Waals surface area contributed by atoms with Crippen LogP contribution in [0, 0.1) is 5.82 Å². The Morgan fingerprint density at radius 3 is 2.73 bits per heavy atom. The van der Waals surface area contributed by atoms with E-state index in [1.165, 1.54) is 17.0 Å². The van der Waals surface area contributed by atoms with E-state index in [0.29, 0.717) is 26.2 Å². The molecule has 0 spiro atoms. The molecule has 0 unspecified atom stereocenters. The number of imidazole rings is 1. The molecule has 0 aliphatic carbocycles. The Hall–Kier alpha value is -2.25. The van der Waals surface area contributed by atoms with Gasteiger partial charge < -0.3 is 19.5 Å². The molecule has 1 aromatic heterocycles. The number of amides is 1. The monoisotopic (exact) mass is 361 g/mol. The Labute approximate surface area is 153 Å². The maximum Gasteiger partial charge on any atom is 0.222 e. The second-order valence-electron chi connectivity index (χ2n) is 6.74. The Morgan fingerprint density at radius 2 is 2.08 bits per heavy atom. The molecule has 0 saturated carbocycles. The summed E-state index contributed by atoms with van der Waals surface area (Å²) in [5.74, 6) is -0.242. The first-order chi connectivity index (χ1) is 12.6. The van der Waals surface area contributed by atoms with Crippen molar-refractivity contribution in [3.05, 3.63) is 54.4 Å². The van der Waals surface area contributed by atoms with Crippen molar-refractivity contribution in [3.63, 3.8) is 0 Å². The smallest absolute Gasteiger partial charge is 0.222 e. The predicted molar refractivity (Wildman–Crippen MR) is 95.2 cm³/mol. The molecule has 6 nitrogen and oxygen atoms in total. The van der Waals surface area contributed by atoms with Crippen LogP contribution < -0.4 is 10.2 Å². The molecule has 2 N–H and O–H groups in total. The molecular formula is C19H26FN4O2+. The fourth-order valence-electron chi connectivity index (χ4n) is 3.37. The van der Waals surface area contributed by atoms with Gasteiger partial charge in [0.05, 0.1) is 26.1 Å². The van der Waals surface area contributed by atoms with Gasteiger partial charge in [-0.25, -0.2) is 9.37 Å². The maximum absolute atomic E-state index is 13.3. The van der Waals surface area contributed by atoms with E-state index in [0.717, 1.165) is 18.7 Å². The average Bonchev–Trinajstić information content (AvgIpc) is 3.19. The van der Waals surface area contributed by atoms with E-state index in [4.69, 9.17) is 4.74 Å². The van der Waals surface area contributed by atoms with Gasteiger partial charge in [-0.2, -0.15) is 0 Å². The van der Waals surface area contributed by atoms with Gasteiger partial charge in [0, 0.05) is 30.4 Å². The summed E-state index contributed by atoms with van der Waals surface area (Å²) in [6.07, 6.45) is 5.68. The Kier molecular flexibility index (Phi) is 6.35. The molecule has 1 aromatic carbocycles. The third-order valence-electron chi connectivity index (χ3n) is 4.92. The molecule has 140 valence electrons. The molecule has 26 heavy (non-hydrogen) atoms. The number of benzene rings is 1. The lowest BCUT2D eigenvalue weighted by Gasteiger charge is -2.32. The number of quaternary nitrogens is 1. The van der Waals surface area contributed by atoms with Crippen LogP contribution in [0.1, 0.15) is 31.0 Å². The summed E-state index contributed by atoms with van der Waals surface area (Å²) >= 11 is 0. The molecule has 1 aliphatic heterocycles. The maximum atomic E-state index is 13.3. The van der Waals surface area contributed by atoms with Crippen LogP contribution in [0.2, 0.25) is 0 Å². The second kappa shape index (κ2) is 8.91. The van der Waals surface area contributed by atoms with Crippen LogP contribution in [0.25, 0.3) is 0 Å². The normalized spacial score (nSPS) is 17.6. The van der Waals surface area contributed by atoms with Crippen LogP contribution in [-0.2, 0) is 9.53 Å². The first-order valence-electron chi connectivity index (χ1n) is 9.05. The minimum absolute atomic E-state index is 0.00553. The van der Waals surface area contributed by atoms with Gasteiger partial charge >= 0.3 is 0 Å². The highest BCUT2D eigenvalue weighted by Crippen LogP contribution is 2.12. The van der Waals surface area contributed by atoms with Crippen LogP contribution in [0.3, 0.4) is 0 Å². The second-order valence-corrected chi connectivity index (χ2v) is 6.74. The predicted octanol–water partition coefficient (Wildman–Crippen LogP) is 0.746. The zero-order chi connectivity index (χ0) is 18.4. The molecule has 2 atom stereocenters. The third kappa shape index (κ3) is 4.89.